The van der Waals surface area contributed by atoms with Crippen LogP contribution >= 0.6 is 0 Å². The predicted molar refractivity (Wildman–Crippen MR) is 81.5 cm³/mol. The molecule has 2 unspecified atom stereocenters. The van der Waals surface area contributed by atoms with Crippen LogP contribution in [-0.2, 0) is 7.05 Å². The number of aryl methyl sites for hydroxylation is 1. The van der Waals surface area contributed by atoms with E-state index in [4.69, 9.17) is 0 Å². The van der Waals surface area contributed by atoms with Gasteiger partial charge in [-0.15, -0.1) is 10.2 Å². The van der Waals surface area contributed by atoms with Crippen LogP contribution in [0.5, 0.6) is 0 Å². The Morgan fingerprint density at radius 2 is 2.25 bits per heavy atom. The van der Waals surface area contributed by atoms with Gasteiger partial charge in [-0.05, 0) is 37.3 Å². The van der Waals surface area contributed by atoms with Crippen LogP contribution < -0.4 is 5.32 Å². The minimum Gasteiger partial charge on any atom is -0.382 e. The van der Waals surface area contributed by atoms with Gasteiger partial charge >= 0.3 is 0 Å². The van der Waals surface area contributed by atoms with Gasteiger partial charge in [0.25, 0.3) is 0 Å². The Hall–Kier alpha value is -1.84. The number of nitrogens with zero attached hydrogens (tertiary/aromatic N) is 3. The maximum absolute atomic E-state index is 4.17. The molecule has 0 amide bonds. The largest absolute Gasteiger partial charge is 0.382 e. The molecule has 0 bridgehead atoms. The summed E-state index contributed by atoms with van der Waals surface area (Å²) in [6.45, 7) is 2.29. The van der Waals surface area contributed by atoms with Crippen LogP contribution in [0.25, 0.3) is 11.4 Å². The topological polar surface area (TPSA) is 42.7 Å². The average Bonchev–Trinajstić information content (AvgIpc) is 3.08. The van der Waals surface area contributed by atoms with Crippen LogP contribution in [-0.4, -0.2) is 20.8 Å². The van der Waals surface area contributed by atoms with E-state index < -0.39 is 0 Å². The zero-order valence-corrected chi connectivity index (χ0v) is 12.2. The normalized spacial score (nSPS) is 22.1. The quantitative estimate of drug-likeness (QED) is 0.925. The van der Waals surface area contributed by atoms with Crippen molar-refractivity contribution >= 4 is 5.69 Å². The first-order chi connectivity index (χ1) is 9.76. The number of hydrogen-bond donors (Lipinski definition) is 1. The molecule has 1 aromatic carbocycles. The molecule has 1 heterocycles. The van der Waals surface area contributed by atoms with E-state index in [-0.39, 0.29) is 0 Å². The second-order valence-electron chi connectivity index (χ2n) is 5.77. The molecule has 0 saturated heterocycles. The molecule has 1 aliphatic rings. The van der Waals surface area contributed by atoms with Gasteiger partial charge in [0.2, 0.25) is 0 Å². The monoisotopic (exact) mass is 270 g/mol. The van der Waals surface area contributed by atoms with E-state index in [0.29, 0.717) is 6.04 Å². The second-order valence-corrected chi connectivity index (χ2v) is 5.77. The van der Waals surface area contributed by atoms with E-state index in [2.05, 4.69) is 46.7 Å². The molecule has 1 fully saturated rings. The second kappa shape index (κ2) is 5.65. The fourth-order valence-electron chi connectivity index (χ4n) is 3.11. The molecule has 2 atom stereocenters. The lowest BCUT2D eigenvalue weighted by atomic mass is 10.1. The van der Waals surface area contributed by atoms with Gasteiger partial charge < -0.3 is 9.88 Å². The highest BCUT2D eigenvalue weighted by molar-refractivity contribution is 5.62. The fourth-order valence-corrected chi connectivity index (χ4v) is 3.11. The number of aromatic nitrogens is 3. The van der Waals surface area contributed by atoms with Crippen molar-refractivity contribution in [3.8, 4) is 11.4 Å². The number of nitrogens with one attached hydrogen (secondary N) is 1. The molecule has 106 valence electrons. The Morgan fingerprint density at radius 1 is 1.35 bits per heavy atom. The van der Waals surface area contributed by atoms with Crippen LogP contribution in [0, 0.1) is 5.92 Å². The molecule has 4 heteroatoms. The highest BCUT2D eigenvalue weighted by atomic mass is 15.2. The lowest BCUT2D eigenvalue weighted by molar-refractivity contribution is 0.525. The third kappa shape index (κ3) is 2.69. The van der Waals surface area contributed by atoms with Gasteiger partial charge in [0.05, 0.1) is 0 Å². The Labute approximate surface area is 120 Å². The Morgan fingerprint density at radius 3 is 2.95 bits per heavy atom. The number of rotatable bonds is 4. The zero-order valence-electron chi connectivity index (χ0n) is 12.2. The van der Waals surface area contributed by atoms with E-state index in [9.17, 15) is 0 Å². The van der Waals surface area contributed by atoms with Crippen molar-refractivity contribution in [1.82, 2.24) is 14.8 Å². The molecular weight excluding hydrogens is 248 g/mol. The summed E-state index contributed by atoms with van der Waals surface area (Å²) in [6.07, 6.45) is 6.98. The first-order valence-corrected chi connectivity index (χ1v) is 7.47. The van der Waals surface area contributed by atoms with Crippen molar-refractivity contribution in [3.05, 3.63) is 30.6 Å². The summed E-state index contributed by atoms with van der Waals surface area (Å²) in [6, 6.07) is 9.09. The summed E-state index contributed by atoms with van der Waals surface area (Å²) in [5.74, 6) is 1.81. The molecule has 0 spiro atoms. The van der Waals surface area contributed by atoms with Gasteiger partial charge in [-0.3, -0.25) is 0 Å². The number of benzene rings is 1. The third-order valence-electron chi connectivity index (χ3n) is 4.32. The van der Waals surface area contributed by atoms with Crippen molar-refractivity contribution in [2.75, 3.05) is 5.32 Å². The molecule has 3 rings (SSSR count). The maximum Gasteiger partial charge on any atom is 0.163 e. The van der Waals surface area contributed by atoms with Crippen molar-refractivity contribution < 1.29 is 0 Å². The van der Waals surface area contributed by atoms with Crippen molar-refractivity contribution in [3.63, 3.8) is 0 Å². The van der Waals surface area contributed by atoms with Gasteiger partial charge in [0, 0.05) is 24.3 Å². The van der Waals surface area contributed by atoms with Crippen LogP contribution in [0.2, 0.25) is 0 Å². The van der Waals surface area contributed by atoms with E-state index in [1.54, 1.807) is 6.33 Å². The van der Waals surface area contributed by atoms with Crippen LogP contribution in [0.4, 0.5) is 5.69 Å². The first-order valence-electron chi connectivity index (χ1n) is 7.47. The van der Waals surface area contributed by atoms with Crippen LogP contribution in [0.3, 0.4) is 0 Å². The van der Waals surface area contributed by atoms with Crippen molar-refractivity contribution in [1.29, 1.82) is 0 Å². The van der Waals surface area contributed by atoms with Crippen molar-refractivity contribution in [2.45, 2.75) is 38.6 Å². The molecule has 0 aliphatic heterocycles. The van der Waals surface area contributed by atoms with Crippen LogP contribution in [0.1, 0.15) is 32.6 Å². The Kier molecular flexibility index (Phi) is 3.72. The molecule has 1 aliphatic carbocycles. The lowest BCUT2D eigenvalue weighted by Crippen LogP contribution is -2.15. The average molecular weight is 270 g/mol. The van der Waals surface area contributed by atoms with Gasteiger partial charge in [-0.1, -0.05) is 25.5 Å². The Balaban J connectivity index is 1.74. The minimum absolute atomic E-state index is 0.620. The van der Waals surface area contributed by atoms with E-state index in [1.807, 2.05) is 11.6 Å². The standard InChI is InChI=1S/C16H22N4/c1-3-12-7-8-15(9-12)18-14-6-4-5-13(10-14)16-19-17-11-20(16)2/h4-6,10-12,15,18H,3,7-9H2,1-2H3. The summed E-state index contributed by atoms with van der Waals surface area (Å²) in [5.41, 5.74) is 2.30. The lowest BCUT2D eigenvalue weighted by Gasteiger charge is -2.15. The van der Waals surface area contributed by atoms with Gasteiger partial charge in [0.15, 0.2) is 5.82 Å². The Bertz CT molecular complexity index is 575. The van der Waals surface area contributed by atoms with Gasteiger partial charge in [-0.25, -0.2) is 0 Å². The van der Waals surface area contributed by atoms with Crippen molar-refractivity contribution in [2.24, 2.45) is 13.0 Å². The highest BCUT2D eigenvalue weighted by Gasteiger charge is 2.23. The van der Waals surface area contributed by atoms with E-state index in [1.165, 1.54) is 31.4 Å². The number of hydrogen-bond acceptors (Lipinski definition) is 3. The summed E-state index contributed by atoms with van der Waals surface area (Å²) >= 11 is 0. The van der Waals surface area contributed by atoms with Gasteiger partial charge in [0.1, 0.15) is 6.33 Å². The predicted octanol–water partition coefficient (Wildman–Crippen LogP) is 3.47. The van der Waals surface area contributed by atoms with Crippen LogP contribution in [0.15, 0.2) is 30.6 Å². The first kappa shape index (κ1) is 13.2. The molecule has 4 nitrogen and oxygen atoms in total. The summed E-state index contributed by atoms with van der Waals surface area (Å²) in [4.78, 5) is 0. The van der Waals surface area contributed by atoms with E-state index >= 15 is 0 Å². The minimum atomic E-state index is 0.620. The molecular formula is C16H22N4. The zero-order chi connectivity index (χ0) is 13.9. The molecule has 1 aromatic heterocycles. The smallest absolute Gasteiger partial charge is 0.163 e. The molecule has 1 saturated carbocycles. The maximum atomic E-state index is 4.17. The van der Waals surface area contributed by atoms with Gasteiger partial charge in [-0.2, -0.15) is 0 Å². The van der Waals surface area contributed by atoms with E-state index in [0.717, 1.165) is 17.3 Å². The third-order valence-corrected chi connectivity index (χ3v) is 4.32. The SMILES string of the molecule is CCC1CCC(Nc2cccc(-c3nncn3C)c2)C1. The highest BCUT2D eigenvalue weighted by Crippen LogP contribution is 2.30. The summed E-state index contributed by atoms with van der Waals surface area (Å²) in [7, 11) is 1.97. The number of anilines is 1. The fraction of sp³-hybridized carbons (Fsp3) is 0.500. The molecule has 2 aromatic rings. The molecule has 1 N–H and O–H groups in total. The molecule has 0 radical (unpaired) electrons. The summed E-state index contributed by atoms with van der Waals surface area (Å²) in [5, 5.41) is 11.8. The molecule has 20 heavy (non-hydrogen) atoms. The summed E-state index contributed by atoms with van der Waals surface area (Å²) < 4.78 is 1.95.